The normalized spacial score (nSPS) is 10.5. The first-order valence-corrected chi connectivity index (χ1v) is 6.74. The van der Waals surface area contributed by atoms with Crippen LogP contribution in [0.2, 0.25) is 0 Å². The van der Waals surface area contributed by atoms with Gasteiger partial charge in [-0.15, -0.1) is 0 Å². The van der Waals surface area contributed by atoms with Gasteiger partial charge in [-0.05, 0) is 32.0 Å². The maximum Gasteiger partial charge on any atom is 0.335 e. The van der Waals surface area contributed by atoms with E-state index in [2.05, 4.69) is 5.10 Å². The number of carbonyl (C=O) groups is 2. The third-order valence-corrected chi connectivity index (χ3v) is 3.17. The summed E-state index contributed by atoms with van der Waals surface area (Å²) in [5.74, 6) is -1.56. The summed E-state index contributed by atoms with van der Waals surface area (Å²) in [6.45, 7) is 3.61. The average molecular weight is 304 g/mol. The molecule has 2 N–H and O–H groups in total. The molecule has 1 aromatic heterocycles. The monoisotopic (exact) mass is 304 g/mol. The summed E-state index contributed by atoms with van der Waals surface area (Å²) in [5, 5.41) is 11.9. The first-order chi connectivity index (χ1) is 10.4. The molecule has 7 heteroatoms. The molecule has 0 bridgehead atoms. The van der Waals surface area contributed by atoms with Gasteiger partial charge in [-0.2, -0.15) is 0 Å². The molecule has 0 aliphatic heterocycles. The summed E-state index contributed by atoms with van der Waals surface area (Å²) >= 11 is 0. The number of benzene rings is 1. The lowest BCUT2D eigenvalue weighted by Gasteiger charge is -2.02. The third-order valence-electron chi connectivity index (χ3n) is 3.17. The molecule has 0 saturated carbocycles. The molecule has 1 heterocycles. The minimum absolute atomic E-state index is 0.0728. The van der Waals surface area contributed by atoms with E-state index in [1.165, 1.54) is 16.8 Å². The van der Waals surface area contributed by atoms with Crippen molar-refractivity contribution in [3.63, 3.8) is 0 Å². The number of ether oxygens (including phenoxy) is 1. The Hall–Kier alpha value is -2.83. The van der Waals surface area contributed by atoms with Gasteiger partial charge in [-0.3, -0.25) is 14.7 Å². The van der Waals surface area contributed by atoms with Crippen LogP contribution in [0.3, 0.4) is 0 Å². The Morgan fingerprint density at radius 2 is 2.09 bits per heavy atom. The first-order valence-electron chi connectivity index (χ1n) is 6.74. The van der Waals surface area contributed by atoms with Gasteiger partial charge in [-0.1, -0.05) is 6.07 Å². The van der Waals surface area contributed by atoms with E-state index in [9.17, 15) is 14.4 Å². The fourth-order valence-corrected chi connectivity index (χ4v) is 2.11. The number of aromatic carboxylic acids is 1. The summed E-state index contributed by atoms with van der Waals surface area (Å²) in [5.41, 5.74) is 0.915. The average Bonchev–Trinajstić information content (AvgIpc) is 2.76. The molecule has 0 atom stereocenters. The second-order valence-corrected chi connectivity index (χ2v) is 4.69. The Labute approximate surface area is 126 Å². The maximum atomic E-state index is 12.4. The molecule has 0 aliphatic carbocycles. The third kappa shape index (κ3) is 3.08. The van der Waals surface area contributed by atoms with Crippen molar-refractivity contribution in [3.8, 4) is 5.69 Å². The second-order valence-electron chi connectivity index (χ2n) is 4.69. The number of aromatic nitrogens is 2. The van der Waals surface area contributed by atoms with Crippen LogP contribution in [-0.4, -0.2) is 33.4 Å². The highest BCUT2D eigenvalue weighted by molar-refractivity contribution is 5.88. The van der Waals surface area contributed by atoms with Gasteiger partial charge < -0.3 is 9.84 Å². The zero-order valence-corrected chi connectivity index (χ0v) is 12.3. The van der Waals surface area contributed by atoms with Crippen LogP contribution in [0.25, 0.3) is 5.69 Å². The first kappa shape index (κ1) is 15.6. The van der Waals surface area contributed by atoms with Crippen LogP contribution >= 0.6 is 0 Å². The molecule has 2 aromatic rings. The van der Waals surface area contributed by atoms with Crippen molar-refractivity contribution < 1.29 is 19.4 Å². The molecule has 0 saturated heterocycles. The van der Waals surface area contributed by atoms with E-state index in [1.54, 1.807) is 26.0 Å². The second kappa shape index (κ2) is 6.30. The Morgan fingerprint density at radius 3 is 2.73 bits per heavy atom. The number of carboxylic acid groups (broad SMARTS) is 1. The largest absolute Gasteiger partial charge is 0.478 e. The minimum Gasteiger partial charge on any atom is -0.478 e. The number of aromatic amines is 1. The zero-order valence-electron chi connectivity index (χ0n) is 12.3. The fraction of sp³-hybridized carbons (Fsp3) is 0.267. The summed E-state index contributed by atoms with van der Waals surface area (Å²) < 4.78 is 6.06. The van der Waals surface area contributed by atoms with Crippen molar-refractivity contribution >= 4 is 11.9 Å². The van der Waals surface area contributed by atoms with Crippen molar-refractivity contribution in [3.05, 3.63) is 51.4 Å². The Kier molecular flexibility index (Phi) is 4.45. The maximum absolute atomic E-state index is 12.4. The smallest absolute Gasteiger partial charge is 0.335 e. The van der Waals surface area contributed by atoms with Crippen molar-refractivity contribution in [2.75, 3.05) is 6.61 Å². The van der Waals surface area contributed by atoms with Crippen LogP contribution in [0.4, 0.5) is 0 Å². The van der Waals surface area contributed by atoms with Gasteiger partial charge in [0.25, 0.3) is 5.56 Å². The topological polar surface area (TPSA) is 101 Å². The van der Waals surface area contributed by atoms with Crippen LogP contribution in [0.15, 0.2) is 29.1 Å². The van der Waals surface area contributed by atoms with Gasteiger partial charge in [0.15, 0.2) is 0 Å². The molecule has 2 rings (SSSR count). The van der Waals surface area contributed by atoms with E-state index in [4.69, 9.17) is 9.84 Å². The summed E-state index contributed by atoms with van der Waals surface area (Å²) in [4.78, 5) is 34.9. The van der Waals surface area contributed by atoms with Gasteiger partial charge in [0.05, 0.1) is 29.8 Å². The van der Waals surface area contributed by atoms with Crippen molar-refractivity contribution in [1.29, 1.82) is 0 Å². The quantitative estimate of drug-likeness (QED) is 0.810. The van der Waals surface area contributed by atoms with Gasteiger partial charge >= 0.3 is 11.9 Å². The zero-order chi connectivity index (χ0) is 16.3. The number of nitrogens with zero attached hydrogens (tertiary/aromatic N) is 1. The highest BCUT2D eigenvalue weighted by Gasteiger charge is 2.17. The molecule has 0 spiro atoms. The lowest BCUT2D eigenvalue weighted by Crippen LogP contribution is -2.20. The molecule has 0 fully saturated rings. The number of aryl methyl sites for hydroxylation is 1. The molecular formula is C15H16N2O5. The van der Waals surface area contributed by atoms with E-state index in [1.807, 2.05) is 0 Å². The predicted octanol–water partition coefficient (Wildman–Crippen LogP) is 1.28. The summed E-state index contributed by atoms with van der Waals surface area (Å²) in [6.07, 6.45) is -0.124. The van der Waals surface area contributed by atoms with Crippen LogP contribution in [0.1, 0.15) is 28.5 Å². The number of carboxylic acids is 1. The molecule has 7 nitrogen and oxygen atoms in total. The van der Waals surface area contributed by atoms with Crippen LogP contribution in [0, 0.1) is 6.92 Å². The van der Waals surface area contributed by atoms with Crippen LogP contribution < -0.4 is 5.56 Å². The van der Waals surface area contributed by atoms with E-state index in [0.29, 0.717) is 16.9 Å². The number of carbonyl (C=O) groups excluding carboxylic acids is 1. The lowest BCUT2D eigenvalue weighted by molar-refractivity contribution is -0.142. The molecule has 0 radical (unpaired) electrons. The molecular weight excluding hydrogens is 288 g/mol. The SMILES string of the molecule is CCOC(=O)Cc1c(C)[nH]n(-c2cccc(C(=O)O)c2)c1=O. The van der Waals surface area contributed by atoms with Crippen LogP contribution in [0.5, 0.6) is 0 Å². The van der Waals surface area contributed by atoms with E-state index in [0.717, 1.165) is 0 Å². The van der Waals surface area contributed by atoms with Gasteiger partial charge in [-0.25, -0.2) is 9.48 Å². The number of hydrogen-bond acceptors (Lipinski definition) is 4. The Morgan fingerprint density at radius 1 is 1.36 bits per heavy atom. The number of nitrogens with one attached hydrogen (secondary N) is 1. The molecule has 0 amide bonds. The van der Waals surface area contributed by atoms with Gasteiger partial charge in [0, 0.05) is 5.69 Å². The van der Waals surface area contributed by atoms with E-state index >= 15 is 0 Å². The lowest BCUT2D eigenvalue weighted by atomic mass is 10.2. The summed E-state index contributed by atoms with van der Waals surface area (Å²) in [6, 6.07) is 5.98. The summed E-state index contributed by atoms with van der Waals surface area (Å²) in [7, 11) is 0. The van der Waals surface area contributed by atoms with E-state index < -0.39 is 17.5 Å². The number of H-pyrrole nitrogens is 1. The number of hydrogen-bond donors (Lipinski definition) is 2. The van der Waals surface area contributed by atoms with Gasteiger partial charge in [0.1, 0.15) is 0 Å². The highest BCUT2D eigenvalue weighted by atomic mass is 16.5. The molecule has 0 aliphatic rings. The molecule has 1 aromatic carbocycles. The van der Waals surface area contributed by atoms with Crippen molar-refractivity contribution in [2.24, 2.45) is 0 Å². The number of rotatable bonds is 5. The van der Waals surface area contributed by atoms with Crippen molar-refractivity contribution in [1.82, 2.24) is 9.78 Å². The Bertz CT molecular complexity index is 772. The number of esters is 1. The highest BCUT2D eigenvalue weighted by Crippen LogP contribution is 2.11. The Balaban J connectivity index is 2.42. The van der Waals surface area contributed by atoms with E-state index in [-0.39, 0.29) is 18.6 Å². The molecule has 22 heavy (non-hydrogen) atoms. The minimum atomic E-state index is -1.08. The predicted molar refractivity (Wildman–Crippen MR) is 78.4 cm³/mol. The fourth-order valence-electron chi connectivity index (χ4n) is 2.11. The molecule has 116 valence electrons. The van der Waals surface area contributed by atoms with Crippen LogP contribution in [-0.2, 0) is 16.0 Å². The standard InChI is InChI=1S/C15H16N2O5/c1-3-22-13(18)8-12-9(2)16-17(14(12)19)11-6-4-5-10(7-11)15(20)21/h4-7,16H,3,8H2,1-2H3,(H,20,21). The molecule has 0 unspecified atom stereocenters. The van der Waals surface area contributed by atoms with Gasteiger partial charge in [0.2, 0.25) is 0 Å². The van der Waals surface area contributed by atoms with Crippen molar-refractivity contribution in [2.45, 2.75) is 20.3 Å².